The number of hydrogen-bond donors (Lipinski definition) is 1. The first-order valence-corrected chi connectivity index (χ1v) is 7.14. The Morgan fingerprint density at radius 2 is 2.25 bits per heavy atom. The van der Waals surface area contributed by atoms with Crippen molar-refractivity contribution in [3.05, 3.63) is 30.1 Å². The fraction of sp³-hybridized carbons (Fsp3) is 0.308. The van der Waals surface area contributed by atoms with E-state index in [0.29, 0.717) is 23.1 Å². The van der Waals surface area contributed by atoms with Crippen LogP contribution in [0.15, 0.2) is 29.4 Å². The SMILES string of the molecule is CCCn1c(SCC(=O)O)nnc1-c1cccc(F)c1. The lowest BCUT2D eigenvalue weighted by molar-refractivity contribution is -0.133. The second-order valence-corrected chi connectivity index (χ2v) is 5.09. The maximum Gasteiger partial charge on any atom is 0.313 e. The number of benzene rings is 1. The summed E-state index contributed by atoms with van der Waals surface area (Å²) in [5.74, 6) is -0.772. The predicted molar refractivity (Wildman–Crippen MR) is 74.1 cm³/mol. The number of aliphatic carboxylic acids is 1. The second kappa shape index (κ2) is 6.51. The van der Waals surface area contributed by atoms with Crippen molar-refractivity contribution < 1.29 is 14.3 Å². The Bertz CT molecular complexity index is 615. The predicted octanol–water partition coefficient (Wildman–Crippen LogP) is 2.67. The lowest BCUT2D eigenvalue weighted by Gasteiger charge is -2.08. The number of halogens is 1. The van der Waals surface area contributed by atoms with E-state index in [2.05, 4.69) is 10.2 Å². The van der Waals surface area contributed by atoms with Crippen molar-refractivity contribution in [2.45, 2.75) is 25.0 Å². The van der Waals surface area contributed by atoms with Crippen LogP contribution in [0.25, 0.3) is 11.4 Å². The molecule has 0 spiro atoms. The number of nitrogens with zero attached hydrogens (tertiary/aromatic N) is 3. The lowest BCUT2D eigenvalue weighted by atomic mass is 10.2. The average Bonchev–Trinajstić information content (AvgIpc) is 2.80. The van der Waals surface area contributed by atoms with Crippen LogP contribution in [0.3, 0.4) is 0 Å². The fourth-order valence-corrected chi connectivity index (χ4v) is 2.47. The Morgan fingerprint density at radius 1 is 1.45 bits per heavy atom. The van der Waals surface area contributed by atoms with Crippen LogP contribution in [0, 0.1) is 5.82 Å². The first-order chi connectivity index (χ1) is 9.61. The summed E-state index contributed by atoms with van der Waals surface area (Å²) in [7, 11) is 0. The van der Waals surface area contributed by atoms with E-state index >= 15 is 0 Å². The summed E-state index contributed by atoms with van der Waals surface area (Å²) in [6.07, 6.45) is 0.848. The van der Waals surface area contributed by atoms with Crippen LogP contribution < -0.4 is 0 Å². The van der Waals surface area contributed by atoms with Crippen LogP contribution in [0.4, 0.5) is 4.39 Å². The van der Waals surface area contributed by atoms with Gasteiger partial charge in [0.1, 0.15) is 5.82 Å². The van der Waals surface area contributed by atoms with Gasteiger partial charge in [0.2, 0.25) is 0 Å². The van der Waals surface area contributed by atoms with Gasteiger partial charge in [0.05, 0.1) is 5.75 Å². The summed E-state index contributed by atoms with van der Waals surface area (Å²) in [5, 5.41) is 17.3. The van der Waals surface area contributed by atoms with Gasteiger partial charge in [-0.25, -0.2) is 4.39 Å². The summed E-state index contributed by atoms with van der Waals surface area (Å²) in [6, 6.07) is 6.12. The van der Waals surface area contributed by atoms with Gasteiger partial charge in [-0.1, -0.05) is 30.8 Å². The zero-order chi connectivity index (χ0) is 14.5. The maximum absolute atomic E-state index is 13.3. The Hall–Kier alpha value is -1.89. The third-order valence-corrected chi connectivity index (χ3v) is 3.52. The minimum absolute atomic E-state index is 0.0784. The molecule has 7 heteroatoms. The second-order valence-electron chi connectivity index (χ2n) is 4.15. The molecule has 2 aromatic rings. The highest BCUT2D eigenvalue weighted by molar-refractivity contribution is 7.99. The van der Waals surface area contributed by atoms with Crippen LogP contribution in [0.5, 0.6) is 0 Å². The highest BCUT2D eigenvalue weighted by atomic mass is 32.2. The molecule has 1 aromatic heterocycles. The highest BCUT2D eigenvalue weighted by Gasteiger charge is 2.15. The summed E-state index contributed by atoms with van der Waals surface area (Å²) in [4.78, 5) is 10.6. The molecule has 0 fully saturated rings. The number of thioether (sulfide) groups is 1. The Labute approximate surface area is 119 Å². The van der Waals surface area contributed by atoms with Gasteiger partial charge >= 0.3 is 5.97 Å². The van der Waals surface area contributed by atoms with Gasteiger partial charge < -0.3 is 9.67 Å². The van der Waals surface area contributed by atoms with Crippen LogP contribution in [-0.4, -0.2) is 31.6 Å². The van der Waals surface area contributed by atoms with Gasteiger partial charge in [0.15, 0.2) is 11.0 Å². The molecule has 1 N–H and O–H groups in total. The minimum Gasteiger partial charge on any atom is -0.481 e. The molecule has 0 atom stereocenters. The normalized spacial score (nSPS) is 10.7. The van der Waals surface area contributed by atoms with Crippen molar-refractivity contribution in [2.24, 2.45) is 0 Å². The van der Waals surface area contributed by atoms with E-state index in [9.17, 15) is 9.18 Å². The summed E-state index contributed by atoms with van der Waals surface area (Å²) in [6.45, 7) is 2.65. The van der Waals surface area contributed by atoms with Gasteiger partial charge in [0.25, 0.3) is 0 Å². The molecular formula is C13H14FN3O2S. The monoisotopic (exact) mass is 295 g/mol. The molecule has 0 aliphatic heterocycles. The Morgan fingerprint density at radius 3 is 2.90 bits per heavy atom. The van der Waals surface area contributed by atoms with Gasteiger partial charge in [-0.2, -0.15) is 0 Å². The molecule has 5 nitrogen and oxygen atoms in total. The summed E-state index contributed by atoms with van der Waals surface area (Å²) >= 11 is 1.11. The lowest BCUT2D eigenvalue weighted by Crippen LogP contribution is -2.04. The van der Waals surface area contributed by atoms with Crippen molar-refractivity contribution in [3.8, 4) is 11.4 Å². The van der Waals surface area contributed by atoms with E-state index in [0.717, 1.165) is 18.2 Å². The molecule has 0 bridgehead atoms. The molecule has 0 aliphatic carbocycles. The molecule has 0 radical (unpaired) electrons. The van der Waals surface area contributed by atoms with E-state index in [1.54, 1.807) is 12.1 Å². The van der Waals surface area contributed by atoms with E-state index in [1.807, 2.05) is 11.5 Å². The van der Waals surface area contributed by atoms with Crippen molar-refractivity contribution in [2.75, 3.05) is 5.75 Å². The minimum atomic E-state index is -0.909. The maximum atomic E-state index is 13.3. The number of carboxylic acid groups (broad SMARTS) is 1. The largest absolute Gasteiger partial charge is 0.481 e. The van der Waals surface area contributed by atoms with Crippen LogP contribution in [0.2, 0.25) is 0 Å². The average molecular weight is 295 g/mol. The molecular weight excluding hydrogens is 281 g/mol. The van der Waals surface area contributed by atoms with Crippen molar-refractivity contribution in [1.82, 2.24) is 14.8 Å². The first kappa shape index (κ1) is 14.5. The van der Waals surface area contributed by atoms with E-state index in [-0.39, 0.29) is 11.6 Å². The zero-order valence-electron chi connectivity index (χ0n) is 10.9. The number of hydrogen-bond acceptors (Lipinski definition) is 4. The third-order valence-electron chi connectivity index (χ3n) is 2.57. The summed E-state index contributed by atoms with van der Waals surface area (Å²) in [5.41, 5.74) is 0.633. The van der Waals surface area contributed by atoms with Gasteiger partial charge in [-0.15, -0.1) is 10.2 Å². The molecule has 1 heterocycles. The molecule has 1 aromatic carbocycles. The fourth-order valence-electron chi connectivity index (χ4n) is 1.79. The van der Waals surface area contributed by atoms with E-state index in [1.165, 1.54) is 12.1 Å². The van der Waals surface area contributed by atoms with Crippen molar-refractivity contribution >= 4 is 17.7 Å². The Kier molecular flexibility index (Phi) is 4.73. The number of aromatic nitrogens is 3. The zero-order valence-corrected chi connectivity index (χ0v) is 11.7. The molecule has 0 saturated heterocycles. The first-order valence-electron chi connectivity index (χ1n) is 6.15. The van der Waals surface area contributed by atoms with Crippen LogP contribution >= 0.6 is 11.8 Å². The van der Waals surface area contributed by atoms with Gasteiger partial charge in [-0.05, 0) is 18.6 Å². The molecule has 20 heavy (non-hydrogen) atoms. The van der Waals surface area contributed by atoms with Crippen molar-refractivity contribution in [1.29, 1.82) is 0 Å². The standard InChI is InChI=1S/C13H14FN3O2S/c1-2-6-17-12(9-4-3-5-10(14)7-9)15-16-13(17)20-8-11(18)19/h3-5,7H,2,6,8H2,1H3,(H,18,19). The highest BCUT2D eigenvalue weighted by Crippen LogP contribution is 2.24. The summed E-state index contributed by atoms with van der Waals surface area (Å²) < 4.78 is 15.1. The van der Waals surface area contributed by atoms with Gasteiger partial charge in [0, 0.05) is 12.1 Å². The molecule has 106 valence electrons. The smallest absolute Gasteiger partial charge is 0.313 e. The van der Waals surface area contributed by atoms with Crippen molar-refractivity contribution in [3.63, 3.8) is 0 Å². The molecule has 2 rings (SSSR count). The van der Waals surface area contributed by atoms with Gasteiger partial charge in [-0.3, -0.25) is 4.79 Å². The molecule has 0 saturated carbocycles. The molecule has 0 aliphatic rings. The quantitative estimate of drug-likeness (QED) is 0.830. The van der Waals surface area contributed by atoms with Crippen LogP contribution in [-0.2, 0) is 11.3 Å². The Balaban J connectivity index is 2.35. The third kappa shape index (κ3) is 3.36. The molecule has 0 unspecified atom stereocenters. The van der Waals surface area contributed by atoms with E-state index in [4.69, 9.17) is 5.11 Å². The van der Waals surface area contributed by atoms with E-state index < -0.39 is 5.97 Å². The number of carboxylic acids is 1. The molecule has 0 amide bonds. The number of carbonyl (C=O) groups is 1. The van der Waals surface area contributed by atoms with Crippen LogP contribution in [0.1, 0.15) is 13.3 Å². The topological polar surface area (TPSA) is 68.0 Å². The number of rotatable bonds is 6.